The van der Waals surface area contributed by atoms with Crippen LogP contribution >= 0.6 is 0 Å². The van der Waals surface area contributed by atoms with Gasteiger partial charge in [-0.25, -0.2) is 4.98 Å². The topological polar surface area (TPSA) is 50.7 Å². The van der Waals surface area contributed by atoms with Crippen LogP contribution in [0.5, 0.6) is 0 Å². The number of hydrogen-bond acceptors (Lipinski definition) is 4. The molecule has 0 atom stereocenters. The standard InChI is InChI=1S/C6H10N4/c1-4-8-5(2)10-6(7-3)9-4/h1-3H3,(H,7,8,9,10). The highest BCUT2D eigenvalue weighted by Gasteiger charge is 1.95. The lowest BCUT2D eigenvalue weighted by atomic mass is 10.6. The molecular weight excluding hydrogens is 128 g/mol. The van der Waals surface area contributed by atoms with E-state index in [1.165, 1.54) is 0 Å². The van der Waals surface area contributed by atoms with Crippen LogP contribution in [0.25, 0.3) is 0 Å². The summed E-state index contributed by atoms with van der Waals surface area (Å²) in [5.41, 5.74) is 0. The Hall–Kier alpha value is -1.19. The van der Waals surface area contributed by atoms with Gasteiger partial charge in [0.25, 0.3) is 0 Å². The number of rotatable bonds is 1. The van der Waals surface area contributed by atoms with E-state index in [1.54, 1.807) is 7.05 Å². The Morgan fingerprint density at radius 3 is 1.90 bits per heavy atom. The molecule has 0 aliphatic carbocycles. The second-order valence-electron chi connectivity index (χ2n) is 2.00. The number of nitrogens with one attached hydrogen (secondary N) is 1. The van der Waals surface area contributed by atoms with Crippen molar-refractivity contribution in [2.24, 2.45) is 0 Å². The molecule has 54 valence electrons. The highest BCUT2D eigenvalue weighted by Crippen LogP contribution is 1.96. The maximum absolute atomic E-state index is 4.02. The molecule has 0 unspecified atom stereocenters. The molecule has 1 rings (SSSR count). The fraction of sp³-hybridized carbons (Fsp3) is 0.500. The summed E-state index contributed by atoms with van der Waals surface area (Å²) in [5, 5.41) is 2.85. The monoisotopic (exact) mass is 138 g/mol. The van der Waals surface area contributed by atoms with Gasteiger partial charge in [-0.15, -0.1) is 0 Å². The van der Waals surface area contributed by atoms with Gasteiger partial charge < -0.3 is 5.32 Å². The van der Waals surface area contributed by atoms with E-state index >= 15 is 0 Å². The first-order valence-corrected chi connectivity index (χ1v) is 3.09. The number of aryl methyl sites for hydroxylation is 2. The molecule has 0 aromatic carbocycles. The van der Waals surface area contributed by atoms with Crippen molar-refractivity contribution in [3.63, 3.8) is 0 Å². The lowest BCUT2D eigenvalue weighted by Gasteiger charge is -1.98. The zero-order valence-corrected chi connectivity index (χ0v) is 6.34. The third-order valence-corrected chi connectivity index (χ3v) is 1.08. The van der Waals surface area contributed by atoms with Crippen molar-refractivity contribution in [1.29, 1.82) is 0 Å². The highest BCUT2D eigenvalue weighted by molar-refractivity contribution is 5.21. The van der Waals surface area contributed by atoms with Crippen molar-refractivity contribution in [3.8, 4) is 0 Å². The van der Waals surface area contributed by atoms with E-state index in [4.69, 9.17) is 0 Å². The lowest BCUT2D eigenvalue weighted by molar-refractivity contribution is 0.924. The van der Waals surface area contributed by atoms with E-state index in [0.29, 0.717) is 5.95 Å². The molecule has 0 amide bonds. The SMILES string of the molecule is CNc1nc(C)nc(C)n1. The molecule has 0 aliphatic heterocycles. The Morgan fingerprint density at radius 2 is 1.50 bits per heavy atom. The van der Waals surface area contributed by atoms with E-state index in [9.17, 15) is 0 Å². The fourth-order valence-electron chi connectivity index (χ4n) is 0.727. The molecule has 1 aromatic heterocycles. The van der Waals surface area contributed by atoms with Gasteiger partial charge in [-0.1, -0.05) is 0 Å². The molecule has 0 radical (unpaired) electrons. The minimum absolute atomic E-state index is 0.630. The second-order valence-corrected chi connectivity index (χ2v) is 2.00. The average molecular weight is 138 g/mol. The number of hydrogen-bond donors (Lipinski definition) is 1. The van der Waals surface area contributed by atoms with Gasteiger partial charge in [-0.2, -0.15) is 9.97 Å². The average Bonchev–Trinajstić information content (AvgIpc) is 1.85. The van der Waals surface area contributed by atoms with Crippen LogP contribution in [0, 0.1) is 13.8 Å². The minimum Gasteiger partial charge on any atom is -0.357 e. The number of aromatic nitrogens is 3. The summed E-state index contributed by atoms with van der Waals surface area (Å²) in [6.45, 7) is 3.69. The third kappa shape index (κ3) is 1.40. The van der Waals surface area contributed by atoms with E-state index in [1.807, 2.05) is 13.8 Å². The Kier molecular flexibility index (Phi) is 1.80. The van der Waals surface area contributed by atoms with Crippen molar-refractivity contribution >= 4 is 5.95 Å². The Labute approximate surface area is 59.7 Å². The van der Waals surface area contributed by atoms with E-state index in [-0.39, 0.29) is 0 Å². The quantitative estimate of drug-likeness (QED) is 0.615. The summed E-state index contributed by atoms with van der Waals surface area (Å²) in [6.07, 6.45) is 0. The lowest BCUT2D eigenvalue weighted by Crippen LogP contribution is -2.01. The number of nitrogens with zero attached hydrogens (tertiary/aromatic N) is 3. The molecule has 0 spiro atoms. The molecule has 1 heterocycles. The largest absolute Gasteiger partial charge is 0.357 e. The summed E-state index contributed by atoms with van der Waals surface area (Å²) in [5.74, 6) is 2.12. The zero-order chi connectivity index (χ0) is 7.56. The van der Waals surface area contributed by atoms with Gasteiger partial charge in [0.2, 0.25) is 5.95 Å². The Morgan fingerprint density at radius 1 is 1.00 bits per heavy atom. The smallest absolute Gasteiger partial charge is 0.225 e. The molecule has 0 saturated carbocycles. The van der Waals surface area contributed by atoms with Crippen LogP contribution in [0.15, 0.2) is 0 Å². The molecule has 10 heavy (non-hydrogen) atoms. The van der Waals surface area contributed by atoms with Crippen LogP contribution in [0.1, 0.15) is 11.6 Å². The van der Waals surface area contributed by atoms with Crippen molar-refractivity contribution in [3.05, 3.63) is 11.6 Å². The molecule has 0 bridgehead atoms. The summed E-state index contributed by atoms with van der Waals surface area (Å²) < 4.78 is 0. The molecule has 0 fully saturated rings. The summed E-state index contributed by atoms with van der Waals surface area (Å²) in [6, 6.07) is 0. The van der Waals surface area contributed by atoms with E-state index < -0.39 is 0 Å². The van der Waals surface area contributed by atoms with Crippen LogP contribution in [-0.2, 0) is 0 Å². The molecule has 1 N–H and O–H groups in total. The first kappa shape index (κ1) is 6.92. The highest BCUT2D eigenvalue weighted by atomic mass is 15.1. The van der Waals surface area contributed by atoms with Crippen LogP contribution in [0.4, 0.5) is 5.95 Å². The molecule has 4 heteroatoms. The molecule has 1 aromatic rings. The molecule has 0 saturated heterocycles. The Bertz CT molecular complexity index is 213. The fourth-order valence-corrected chi connectivity index (χ4v) is 0.727. The van der Waals surface area contributed by atoms with Crippen LogP contribution in [0.3, 0.4) is 0 Å². The van der Waals surface area contributed by atoms with Gasteiger partial charge in [0.1, 0.15) is 11.6 Å². The third-order valence-electron chi connectivity index (χ3n) is 1.08. The van der Waals surface area contributed by atoms with Gasteiger partial charge in [0, 0.05) is 7.05 Å². The maximum Gasteiger partial charge on any atom is 0.225 e. The van der Waals surface area contributed by atoms with Crippen LogP contribution < -0.4 is 5.32 Å². The normalized spacial score (nSPS) is 9.50. The summed E-state index contributed by atoms with van der Waals surface area (Å²) in [4.78, 5) is 12.1. The first-order valence-electron chi connectivity index (χ1n) is 3.09. The predicted octanol–water partition coefficient (Wildman–Crippen LogP) is 0.530. The number of anilines is 1. The molecule has 4 nitrogen and oxygen atoms in total. The summed E-state index contributed by atoms with van der Waals surface area (Å²) >= 11 is 0. The predicted molar refractivity (Wildman–Crippen MR) is 38.8 cm³/mol. The summed E-state index contributed by atoms with van der Waals surface area (Å²) in [7, 11) is 1.79. The minimum atomic E-state index is 0.630. The van der Waals surface area contributed by atoms with Gasteiger partial charge in [-0.05, 0) is 13.8 Å². The second kappa shape index (κ2) is 2.60. The van der Waals surface area contributed by atoms with Crippen molar-refractivity contribution in [2.75, 3.05) is 12.4 Å². The molecular formula is C6H10N4. The zero-order valence-electron chi connectivity index (χ0n) is 6.34. The van der Waals surface area contributed by atoms with E-state index in [2.05, 4.69) is 20.3 Å². The van der Waals surface area contributed by atoms with Crippen molar-refractivity contribution in [1.82, 2.24) is 15.0 Å². The van der Waals surface area contributed by atoms with Gasteiger partial charge in [-0.3, -0.25) is 0 Å². The van der Waals surface area contributed by atoms with Crippen molar-refractivity contribution in [2.45, 2.75) is 13.8 Å². The maximum atomic E-state index is 4.02. The van der Waals surface area contributed by atoms with Gasteiger partial charge in [0.05, 0.1) is 0 Å². The van der Waals surface area contributed by atoms with Crippen LogP contribution in [-0.4, -0.2) is 22.0 Å². The first-order chi connectivity index (χ1) is 4.72. The van der Waals surface area contributed by atoms with Crippen LogP contribution in [0.2, 0.25) is 0 Å². The van der Waals surface area contributed by atoms with Gasteiger partial charge >= 0.3 is 0 Å². The van der Waals surface area contributed by atoms with E-state index in [0.717, 1.165) is 11.6 Å². The molecule has 0 aliphatic rings. The Balaban J connectivity index is 3.06. The van der Waals surface area contributed by atoms with Crippen molar-refractivity contribution < 1.29 is 0 Å². The van der Waals surface area contributed by atoms with Gasteiger partial charge in [0.15, 0.2) is 0 Å².